The van der Waals surface area contributed by atoms with Crippen LogP contribution in [0.25, 0.3) is 11.2 Å². The van der Waals surface area contributed by atoms with Gasteiger partial charge in [0, 0.05) is 6.42 Å². The van der Waals surface area contributed by atoms with Crippen molar-refractivity contribution < 1.29 is 14.6 Å². The molecule has 1 aliphatic heterocycles. The van der Waals surface area contributed by atoms with Crippen LogP contribution in [-0.4, -0.2) is 43.4 Å². The van der Waals surface area contributed by atoms with E-state index in [0.29, 0.717) is 18.7 Å². The zero-order valence-electron chi connectivity index (χ0n) is 13.9. The van der Waals surface area contributed by atoms with Crippen molar-refractivity contribution in [3.8, 4) is 0 Å². The standard InChI is InChI=1S/C17H19N5O4/c18-17-20-15-14(16(24)21-17)19-9-22(15)13-6-11(12(7-23)26-13)25-8-10-4-2-1-3-5-10/h1-5,9,11-13,23H,6-8H2,(H3,18,20,21,24)/t11-,12?,13?/m0/s1. The number of fused-ring (bicyclic) bond motifs is 1. The van der Waals surface area contributed by atoms with E-state index in [-0.39, 0.29) is 24.2 Å². The van der Waals surface area contributed by atoms with Crippen LogP contribution < -0.4 is 11.3 Å². The Morgan fingerprint density at radius 1 is 1.38 bits per heavy atom. The van der Waals surface area contributed by atoms with Gasteiger partial charge in [0.25, 0.3) is 5.56 Å². The first-order valence-electron chi connectivity index (χ1n) is 8.30. The number of nitrogens with zero attached hydrogens (tertiary/aromatic N) is 3. The van der Waals surface area contributed by atoms with Crippen molar-refractivity contribution in [2.45, 2.75) is 31.5 Å². The highest BCUT2D eigenvalue weighted by Crippen LogP contribution is 2.32. The molecule has 0 saturated carbocycles. The number of nitrogen functional groups attached to an aromatic ring is 1. The number of nitrogens with two attached hydrogens (primary N) is 1. The molecule has 0 bridgehead atoms. The number of aliphatic hydroxyl groups is 1. The number of aliphatic hydroxyl groups excluding tert-OH is 1. The van der Waals surface area contributed by atoms with Crippen LogP contribution in [-0.2, 0) is 16.1 Å². The van der Waals surface area contributed by atoms with Gasteiger partial charge in [0.15, 0.2) is 11.2 Å². The molecule has 2 unspecified atom stereocenters. The maximum Gasteiger partial charge on any atom is 0.280 e. The third-order valence-electron chi connectivity index (χ3n) is 4.43. The molecule has 3 heterocycles. The van der Waals surface area contributed by atoms with Gasteiger partial charge in [0.05, 0.1) is 25.6 Å². The second-order valence-corrected chi connectivity index (χ2v) is 6.16. The third kappa shape index (κ3) is 3.07. The molecule has 9 nitrogen and oxygen atoms in total. The van der Waals surface area contributed by atoms with E-state index >= 15 is 0 Å². The summed E-state index contributed by atoms with van der Waals surface area (Å²) >= 11 is 0. The van der Waals surface area contributed by atoms with E-state index in [1.165, 1.54) is 6.33 Å². The largest absolute Gasteiger partial charge is 0.394 e. The van der Waals surface area contributed by atoms with Gasteiger partial charge in [-0.1, -0.05) is 30.3 Å². The summed E-state index contributed by atoms with van der Waals surface area (Å²) in [5.74, 6) is 0.0119. The van der Waals surface area contributed by atoms with Crippen molar-refractivity contribution >= 4 is 17.1 Å². The Labute approximate surface area is 148 Å². The molecule has 3 atom stereocenters. The molecule has 0 spiro atoms. The topological polar surface area (TPSA) is 128 Å². The van der Waals surface area contributed by atoms with E-state index in [1.54, 1.807) is 4.57 Å². The van der Waals surface area contributed by atoms with Crippen LogP contribution in [0.5, 0.6) is 0 Å². The van der Waals surface area contributed by atoms with Crippen LogP contribution >= 0.6 is 0 Å². The van der Waals surface area contributed by atoms with Crippen LogP contribution in [0.4, 0.5) is 5.95 Å². The fourth-order valence-corrected chi connectivity index (χ4v) is 3.14. The summed E-state index contributed by atoms with van der Waals surface area (Å²) in [6.07, 6.45) is 0.775. The fraction of sp³-hybridized carbons (Fsp3) is 0.353. The first-order chi connectivity index (χ1) is 12.7. The molecule has 4 rings (SSSR count). The number of rotatable bonds is 5. The molecule has 1 aliphatic rings. The van der Waals surface area contributed by atoms with E-state index in [4.69, 9.17) is 15.2 Å². The quantitative estimate of drug-likeness (QED) is 0.609. The molecule has 136 valence electrons. The summed E-state index contributed by atoms with van der Waals surface area (Å²) in [5, 5.41) is 9.63. The minimum absolute atomic E-state index is 0.0119. The molecule has 0 radical (unpaired) electrons. The van der Waals surface area contributed by atoms with Gasteiger partial charge in [-0.15, -0.1) is 0 Å². The molecule has 1 fully saturated rings. The highest BCUT2D eigenvalue weighted by atomic mass is 16.6. The SMILES string of the molecule is Nc1nc2c(ncn2C2C[C@H](OCc3ccccc3)C(CO)O2)c(=O)[nH]1. The smallest absolute Gasteiger partial charge is 0.280 e. The van der Waals surface area contributed by atoms with Gasteiger partial charge in [-0.3, -0.25) is 14.3 Å². The highest BCUT2D eigenvalue weighted by Gasteiger charge is 2.37. The van der Waals surface area contributed by atoms with Crippen molar-refractivity contribution in [2.24, 2.45) is 0 Å². The third-order valence-corrected chi connectivity index (χ3v) is 4.43. The number of H-pyrrole nitrogens is 1. The van der Waals surface area contributed by atoms with E-state index in [2.05, 4.69) is 15.0 Å². The fourth-order valence-electron chi connectivity index (χ4n) is 3.14. The normalized spacial score (nSPS) is 22.9. The molecule has 0 amide bonds. The average Bonchev–Trinajstić information content (AvgIpc) is 3.24. The number of benzene rings is 1. The predicted octanol–water partition coefficient (Wildman–Crippen LogP) is 0.567. The van der Waals surface area contributed by atoms with Crippen LogP contribution in [0.3, 0.4) is 0 Å². The van der Waals surface area contributed by atoms with Crippen molar-refractivity contribution in [3.05, 3.63) is 52.6 Å². The van der Waals surface area contributed by atoms with Crippen molar-refractivity contribution in [3.63, 3.8) is 0 Å². The minimum atomic E-state index is -0.472. The molecule has 1 saturated heterocycles. The summed E-state index contributed by atoms with van der Waals surface area (Å²) in [7, 11) is 0. The molecule has 2 aromatic heterocycles. The van der Waals surface area contributed by atoms with Crippen molar-refractivity contribution in [2.75, 3.05) is 12.3 Å². The number of nitrogens with one attached hydrogen (secondary N) is 1. The summed E-state index contributed by atoms with van der Waals surface area (Å²) in [6, 6.07) is 9.79. The average molecular weight is 357 g/mol. The van der Waals surface area contributed by atoms with E-state index in [9.17, 15) is 9.90 Å². The summed E-state index contributed by atoms with van der Waals surface area (Å²) in [5.41, 5.74) is 6.81. The minimum Gasteiger partial charge on any atom is -0.394 e. The zero-order chi connectivity index (χ0) is 18.1. The Kier molecular flexibility index (Phi) is 4.41. The van der Waals surface area contributed by atoms with Crippen LogP contribution in [0.2, 0.25) is 0 Å². The monoisotopic (exact) mass is 357 g/mol. The van der Waals surface area contributed by atoms with E-state index < -0.39 is 17.9 Å². The second-order valence-electron chi connectivity index (χ2n) is 6.16. The molecular formula is C17H19N5O4. The summed E-state index contributed by atoms with van der Waals surface area (Å²) in [6.45, 7) is 0.256. The highest BCUT2D eigenvalue weighted by molar-refractivity contribution is 5.70. The Hall–Kier alpha value is -2.75. The molecule has 0 aliphatic carbocycles. The zero-order valence-corrected chi connectivity index (χ0v) is 13.9. The molecule has 26 heavy (non-hydrogen) atoms. The van der Waals surface area contributed by atoms with Gasteiger partial charge < -0.3 is 20.3 Å². The lowest BCUT2D eigenvalue weighted by Gasteiger charge is -2.16. The molecule has 4 N–H and O–H groups in total. The number of imidazole rings is 1. The Bertz CT molecular complexity index is 955. The number of hydrogen-bond acceptors (Lipinski definition) is 7. The van der Waals surface area contributed by atoms with Gasteiger partial charge in [0.1, 0.15) is 12.3 Å². The molecule has 3 aromatic rings. The maximum absolute atomic E-state index is 11.9. The second kappa shape index (κ2) is 6.87. The number of aromatic nitrogens is 4. The van der Waals surface area contributed by atoms with Crippen molar-refractivity contribution in [1.29, 1.82) is 0 Å². The van der Waals surface area contributed by atoms with Gasteiger partial charge >= 0.3 is 0 Å². The van der Waals surface area contributed by atoms with Crippen LogP contribution in [0.1, 0.15) is 18.2 Å². The van der Waals surface area contributed by atoms with Gasteiger partial charge in [-0.05, 0) is 5.56 Å². The van der Waals surface area contributed by atoms with E-state index in [0.717, 1.165) is 5.56 Å². The summed E-state index contributed by atoms with van der Waals surface area (Å²) < 4.78 is 13.5. The number of anilines is 1. The Morgan fingerprint density at radius 2 is 2.19 bits per heavy atom. The summed E-state index contributed by atoms with van der Waals surface area (Å²) in [4.78, 5) is 22.6. The molecular weight excluding hydrogens is 338 g/mol. The first-order valence-corrected chi connectivity index (χ1v) is 8.30. The molecule has 9 heteroatoms. The van der Waals surface area contributed by atoms with Crippen molar-refractivity contribution in [1.82, 2.24) is 19.5 Å². The number of ether oxygens (including phenoxy) is 2. The van der Waals surface area contributed by atoms with Crippen LogP contribution in [0.15, 0.2) is 41.5 Å². The first kappa shape index (κ1) is 16.7. The van der Waals surface area contributed by atoms with Gasteiger partial charge in [-0.2, -0.15) is 4.98 Å². The van der Waals surface area contributed by atoms with E-state index in [1.807, 2.05) is 30.3 Å². The predicted molar refractivity (Wildman–Crippen MR) is 93.2 cm³/mol. The maximum atomic E-state index is 11.9. The van der Waals surface area contributed by atoms with Gasteiger partial charge in [0.2, 0.25) is 5.95 Å². The molecule has 1 aromatic carbocycles. The number of hydrogen-bond donors (Lipinski definition) is 3. The Morgan fingerprint density at radius 3 is 2.96 bits per heavy atom. The number of aromatic amines is 1. The lowest BCUT2D eigenvalue weighted by atomic mass is 10.1. The van der Waals surface area contributed by atoms with Crippen LogP contribution in [0, 0.1) is 0 Å². The Balaban J connectivity index is 1.55. The lowest BCUT2D eigenvalue weighted by molar-refractivity contribution is -0.0641. The lowest BCUT2D eigenvalue weighted by Crippen LogP contribution is -2.27. The van der Waals surface area contributed by atoms with Gasteiger partial charge in [-0.25, -0.2) is 4.98 Å².